The van der Waals surface area contributed by atoms with Gasteiger partial charge in [0.1, 0.15) is 6.29 Å². The molecule has 0 radical (unpaired) electrons. The highest BCUT2D eigenvalue weighted by Gasteiger charge is 2.21. The first-order valence-electron chi connectivity index (χ1n) is 5.16. The lowest BCUT2D eigenvalue weighted by molar-refractivity contribution is -0.113. The molecule has 0 aromatic rings. The van der Waals surface area contributed by atoms with Crippen LogP contribution in [-0.2, 0) is 4.79 Å². The molecular formula is C10H21N3O. The Balaban J connectivity index is 2.40. The summed E-state index contributed by atoms with van der Waals surface area (Å²) in [7, 11) is 6.14. The van der Waals surface area contributed by atoms with Crippen LogP contribution < -0.4 is 0 Å². The first kappa shape index (κ1) is 11.6. The van der Waals surface area contributed by atoms with E-state index in [0.29, 0.717) is 0 Å². The predicted octanol–water partition coefficient (Wildman–Crippen LogP) is -0.637. The third-order valence-corrected chi connectivity index (χ3v) is 2.72. The van der Waals surface area contributed by atoms with E-state index >= 15 is 0 Å². The van der Waals surface area contributed by atoms with Crippen molar-refractivity contribution in [1.29, 1.82) is 0 Å². The van der Waals surface area contributed by atoms with Crippen LogP contribution in [0.25, 0.3) is 0 Å². The molecule has 0 saturated carbocycles. The smallest absolute Gasteiger partial charge is 0.138 e. The van der Waals surface area contributed by atoms with Crippen molar-refractivity contribution in [2.45, 2.75) is 6.04 Å². The summed E-state index contributed by atoms with van der Waals surface area (Å²) in [6.45, 7) is 4.98. The third-order valence-electron chi connectivity index (χ3n) is 2.72. The lowest BCUT2D eigenvalue weighted by Crippen LogP contribution is -2.52. The standard InChI is InChI=1S/C10H21N3O/c1-11(2)8-10(9-14)13-6-4-12(3)5-7-13/h9-10H,4-8H2,1-3H3. The molecule has 0 bridgehead atoms. The van der Waals surface area contributed by atoms with Gasteiger partial charge in [0.2, 0.25) is 0 Å². The van der Waals surface area contributed by atoms with Crippen molar-refractivity contribution in [2.24, 2.45) is 0 Å². The molecule has 1 fully saturated rings. The van der Waals surface area contributed by atoms with Gasteiger partial charge >= 0.3 is 0 Å². The summed E-state index contributed by atoms with van der Waals surface area (Å²) < 4.78 is 0. The van der Waals surface area contributed by atoms with Crippen LogP contribution in [0.5, 0.6) is 0 Å². The van der Waals surface area contributed by atoms with E-state index in [1.54, 1.807) is 0 Å². The number of hydrogen-bond donors (Lipinski definition) is 0. The van der Waals surface area contributed by atoms with Crippen LogP contribution in [0, 0.1) is 0 Å². The van der Waals surface area contributed by atoms with Crippen molar-refractivity contribution in [1.82, 2.24) is 14.7 Å². The maximum Gasteiger partial charge on any atom is 0.138 e. The minimum atomic E-state index is 0.0682. The highest BCUT2D eigenvalue weighted by molar-refractivity contribution is 5.58. The number of hydrogen-bond acceptors (Lipinski definition) is 4. The number of nitrogens with zero attached hydrogens (tertiary/aromatic N) is 3. The molecule has 1 aliphatic rings. The Kier molecular flexibility index (Phi) is 4.51. The van der Waals surface area contributed by atoms with Crippen LogP contribution in [0.1, 0.15) is 0 Å². The van der Waals surface area contributed by atoms with Gasteiger partial charge < -0.3 is 14.6 Å². The molecule has 1 unspecified atom stereocenters. The molecule has 0 aromatic heterocycles. The van der Waals surface area contributed by atoms with E-state index in [9.17, 15) is 4.79 Å². The van der Waals surface area contributed by atoms with Gasteiger partial charge in [-0.3, -0.25) is 4.90 Å². The lowest BCUT2D eigenvalue weighted by atomic mass is 10.2. The number of piperazine rings is 1. The molecule has 82 valence electrons. The molecule has 0 amide bonds. The Labute approximate surface area is 86.5 Å². The summed E-state index contributed by atoms with van der Waals surface area (Å²) in [4.78, 5) is 17.6. The molecule has 0 aromatic carbocycles. The van der Waals surface area contributed by atoms with Crippen LogP contribution in [0.15, 0.2) is 0 Å². The number of rotatable bonds is 4. The van der Waals surface area contributed by atoms with Crippen molar-refractivity contribution < 1.29 is 4.79 Å². The van der Waals surface area contributed by atoms with Crippen LogP contribution in [0.4, 0.5) is 0 Å². The zero-order chi connectivity index (χ0) is 10.6. The molecule has 0 N–H and O–H groups in total. The Bertz CT molecular complexity index is 176. The molecule has 1 heterocycles. The zero-order valence-corrected chi connectivity index (χ0v) is 9.44. The number of carbonyl (C=O) groups is 1. The van der Waals surface area contributed by atoms with Crippen molar-refractivity contribution in [2.75, 3.05) is 53.9 Å². The van der Waals surface area contributed by atoms with E-state index in [1.807, 2.05) is 14.1 Å². The van der Waals surface area contributed by atoms with Crippen molar-refractivity contribution in [3.63, 3.8) is 0 Å². The summed E-state index contributed by atoms with van der Waals surface area (Å²) in [5.41, 5.74) is 0. The molecule has 1 saturated heterocycles. The molecule has 1 rings (SSSR count). The summed E-state index contributed by atoms with van der Waals surface area (Å²) in [5.74, 6) is 0. The van der Waals surface area contributed by atoms with E-state index in [0.717, 1.165) is 39.0 Å². The first-order chi connectivity index (χ1) is 6.63. The fourth-order valence-electron chi connectivity index (χ4n) is 1.77. The summed E-state index contributed by atoms with van der Waals surface area (Å²) in [6.07, 6.45) is 1.07. The molecule has 14 heavy (non-hydrogen) atoms. The van der Waals surface area contributed by atoms with E-state index in [4.69, 9.17) is 0 Å². The summed E-state index contributed by atoms with van der Waals surface area (Å²) in [6, 6.07) is 0.0682. The van der Waals surface area contributed by atoms with Crippen molar-refractivity contribution in [3.8, 4) is 0 Å². The van der Waals surface area contributed by atoms with Crippen molar-refractivity contribution in [3.05, 3.63) is 0 Å². The second kappa shape index (κ2) is 5.44. The molecule has 0 spiro atoms. The quantitative estimate of drug-likeness (QED) is 0.563. The van der Waals surface area contributed by atoms with Crippen LogP contribution in [0.3, 0.4) is 0 Å². The maximum atomic E-state index is 10.9. The number of aldehydes is 1. The zero-order valence-electron chi connectivity index (χ0n) is 9.44. The summed E-state index contributed by atoms with van der Waals surface area (Å²) in [5, 5.41) is 0. The molecule has 1 aliphatic heterocycles. The van der Waals surface area contributed by atoms with Gasteiger partial charge in [-0.1, -0.05) is 0 Å². The van der Waals surface area contributed by atoms with Gasteiger partial charge in [0.05, 0.1) is 6.04 Å². The average molecular weight is 199 g/mol. The van der Waals surface area contributed by atoms with Gasteiger partial charge in [-0.2, -0.15) is 0 Å². The fraction of sp³-hybridized carbons (Fsp3) is 0.900. The normalized spacial score (nSPS) is 22.6. The van der Waals surface area contributed by atoms with Gasteiger partial charge in [0.15, 0.2) is 0 Å². The number of carbonyl (C=O) groups excluding carboxylic acids is 1. The maximum absolute atomic E-state index is 10.9. The van der Waals surface area contributed by atoms with E-state index < -0.39 is 0 Å². The predicted molar refractivity (Wildman–Crippen MR) is 57.5 cm³/mol. The second-order valence-electron chi connectivity index (χ2n) is 4.30. The second-order valence-corrected chi connectivity index (χ2v) is 4.30. The van der Waals surface area contributed by atoms with Gasteiger partial charge in [-0.15, -0.1) is 0 Å². The largest absolute Gasteiger partial charge is 0.307 e. The molecular weight excluding hydrogens is 178 g/mol. The van der Waals surface area contributed by atoms with Crippen molar-refractivity contribution >= 4 is 6.29 Å². The Morgan fingerprint density at radius 3 is 2.29 bits per heavy atom. The molecule has 4 nitrogen and oxygen atoms in total. The van der Waals surface area contributed by atoms with Gasteiger partial charge in [-0.25, -0.2) is 0 Å². The Hall–Kier alpha value is -0.450. The topological polar surface area (TPSA) is 26.8 Å². The SMILES string of the molecule is CN(C)CC(C=O)N1CCN(C)CC1. The first-order valence-corrected chi connectivity index (χ1v) is 5.16. The monoisotopic (exact) mass is 199 g/mol. The van der Waals surface area contributed by atoms with Crippen LogP contribution in [-0.4, -0.2) is 80.9 Å². The third kappa shape index (κ3) is 3.36. The minimum Gasteiger partial charge on any atom is -0.307 e. The van der Waals surface area contributed by atoms with Crippen LogP contribution >= 0.6 is 0 Å². The molecule has 0 aliphatic carbocycles. The molecule has 1 atom stereocenters. The van der Waals surface area contributed by atoms with E-state index in [2.05, 4.69) is 21.7 Å². The van der Waals surface area contributed by atoms with Gasteiger partial charge in [0.25, 0.3) is 0 Å². The average Bonchev–Trinajstić information content (AvgIpc) is 2.15. The van der Waals surface area contributed by atoms with Gasteiger partial charge in [0, 0.05) is 32.7 Å². The minimum absolute atomic E-state index is 0.0682. The summed E-state index contributed by atoms with van der Waals surface area (Å²) >= 11 is 0. The number of likely N-dealkylation sites (N-methyl/N-ethyl adjacent to an activating group) is 2. The Morgan fingerprint density at radius 2 is 1.86 bits per heavy atom. The molecule has 4 heteroatoms. The highest BCUT2D eigenvalue weighted by Crippen LogP contribution is 2.04. The van der Waals surface area contributed by atoms with Gasteiger partial charge in [-0.05, 0) is 21.1 Å². The fourth-order valence-corrected chi connectivity index (χ4v) is 1.77. The van der Waals surface area contributed by atoms with E-state index in [-0.39, 0.29) is 6.04 Å². The lowest BCUT2D eigenvalue weighted by Gasteiger charge is -2.36. The highest BCUT2D eigenvalue weighted by atomic mass is 16.1. The van der Waals surface area contributed by atoms with Crippen LogP contribution in [0.2, 0.25) is 0 Å². The Morgan fingerprint density at radius 1 is 1.29 bits per heavy atom. The van der Waals surface area contributed by atoms with E-state index in [1.165, 1.54) is 0 Å².